The first-order valence-electron chi connectivity index (χ1n) is 7.26. The summed E-state index contributed by atoms with van der Waals surface area (Å²) in [7, 11) is 1.78. The van der Waals surface area contributed by atoms with E-state index in [2.05, 4.69) is 19.2 Å². The van der Waals surface area contributed by atoms with E-state index >= 15 is 0 Å². The van der Waals surface area contributed by atoms with Crippen LogP contribution in [0.25, 0.3) is 0 Å². The molecule has 0 spiro atoms. The Kier molecular flexibility index (Phi) is 7.55. The van der Waals surface area contributed by atoms with Crippen LogP contribution < -0.4 is 10.1 Å². The van der Waals surface area contributed by atoms with E-state index in [4.69, 9.17) is 4.74 Å². The number of carbonyl (C=O) groups excluding carboxylic acids is 1. The molecule has 1 aromatic rings. The molecule has 1 N–H and O–H groups in total. The second kappa shape index (κ2) is 9.23. The molecule has 0 aliphatic rings. The van der Waals surface area contributed by atoms with Crippen molar-refractivity contribution in [1.29, 1.82) is 0 Å². The maximum atomic E-state index is 11.8. The van der Waals surface area contributed by atoms with Crippen molar-refractivity contribution < 1.29 is 9.53 Å². The van der Waals surface area contributed by atoms with Gasteiger partial charge in [-0.25, -0.2) is 4.79 Å². The van der Waals surface area contributed by atoms with Gasteiger partial charge in [0.1, 0.15) is 12.4 Å². The van der Waals surface area contributed by atoms with E-state index in [1.165, 1.54) is 0 Å². The first-order valence-corrected chi connectivity index (χ1v) is 7.26. The summed E-state index contributed by atoms with van der Waals surface area (Å²) in [5, 5.41) is 2.92. The highest BCUT2D eigenvalue weighted by Crippen LogP contribution is 2.07. The topological polar surface area (TPSA) is 41.6 Å². The second-order valence-corrected chi connectivity index (χ2v) is 5.35. The van der Waals surface area contributed by atoms with Gasteiger partial charge in [0.05, 0.1) is 6.54 Å². The Balaban J connectivity index is 2.12. The summed E-state index contributed by atoms with van der Waals surface area (Å²) < 4.78 is 5.56. The normalized spacial score (nSPS) is 10.4. The van der Waals surface area contributed by atoms with Gasteiger partial charge in [-0.15, -0.1) is 0 Å². The molecule has 2 amide bonds. The number of nitrogens with zero attached hydrogens (tertiary/aromatic N) is 1. The van der Waals surface area contributed by atoms with Gasteiger partial charge < -0.3 is 15.0 Å². The summed E-state index contributed by atoms with van der Waals surface area (Å²) in [4.78, 5) is 13.4. The third-order valence-electron chi connectivity index (χ3n) is 3.02. The summed E-state index contributed by atoms with van der Waals surface area (Å²) in [6, 6.07) is 9.59. The SMILES string of the molecule is CC(C)CCCNC(=O)N(C)CCOc1ccccc1. The average Bonchev–Trinajstić information content (AvgIpc) is 2.44. The standard InChI is InChI=1S/C16H26N2O2/c1-14(2)8-7-11-17-16(19)18(3)12-13-20-15-9-5-4-6-10-15/h4-6,9-10,14H,7-8,11-13H2,1-3H3,(H,17,19). The van der Waals surface area contributed by atoms with Crippen molar-refractivity contribution in [1.82, 2.24) is 10.2 Å². The molecule has 0 bridgehead atoms. The number of benzene rings is 1. The van der Waals surface area contributed by atoms with Crippen LogP contribution in [0.1, 0.15) is 26.7 Å². The highest BCUT2D eigenvalue weighted by Gasteiger charge is 2.07. The molecule has 1 aromatic carbocycles. The minimum Gasteiger partial charge on any atom is -0.492 e. The molecule has 0 saturated carbocycles. The Morgan fingerprint density at radius 1 is 1.30 bits per heavy atom. The van der Waals surface area contributed by atoms with E-state index in [1.54, 1.807) is 11.9 Å². The zero-order valence-electron chi connectivity index (χ0n) is 12.8. The lowest BCUT2D eigenvalue weighted by Crippen LogP contribution is -2.39. The number of hydrogen-bond donors (Lipinski definition) is 1. The molecule has 0 aromatic heterocycles. The number of hydrogen-bond acceptors (Lipinski definition) is 2. The van der Waals surface area contributed by atoms with Crippen molar-refractivity contribution in [2.24, 2.45) is 5.92 Å². The number of para-hydroxylation sites is 1. The average molecular weight is 278 g/mol. The summed E-state index contributed by atoms with van der Waals surface area (Å²) in [5.41, 5.74) is 0. The van der Waals surface area contributed by atoms with Gasteiger partial charge in [-0.1, -0.05) is 32.0 Å². The van der Waals surface area contributed by atoms with Gasteiger partial charge in [0.25, 0.3) is 0 Å². The lowest BCUT2D eigenvalue weighted by atomic mass is 10.1. The van der Waals surface area contributed by atoms with Gasteiger partial charge in [0.2, 0.25) is 0 Å². The van der Waals surface area contributed by atoms with Crippen molar-refractivity contribution >= 4 is 6.03 Å². The van der Waals surface area contributed by atoms with Crippen LogP contribution in [-0.4, -0.2) is 37.7 Å². The fourth-order valence-electron chi connectivity index (χ4n) is 1.76. The molecule has 0 radical (unpaired) electrons. The van der Waals surface area contributed by atoms with Crippen LogP contribution in [0.3, 0.4) is 0 Å². The molecular weight excluding hydrogens is 252 g/mol. The maximum Gasteiger partial charge on any atom is 0.317 e. The molecule has 0 aliphatic heterocycles. The molecule has 0 atom stereocenters. The Bertz CT molecular complexity index is 379. The van der Waals surface area contributed by atoms with Crippen molar-refractivity contribution in [3.63, 3.8) is 0 Å². The number of carbonyl (C=O) groups is 1. The van der Waals surface area contributed by atoms with E-state index in [-0.39, 0.29) is 6.03 Å². The lowest BCUT2D eigenvalue weighted by Gasteiger charge is -2.18. The lowest BCUT2D eigenvalue weighted by molar-refractivity contribution is 0.195. The molecule has 4 nitrogen and oxygen atoms in total. The number of likely N-dealkylation sites (N-methyl/N-ethyl adjacent to an activating group) is 1. The number of rotatable bonds is 8. The van der Waals surface area contributed by atoms with Gasteiger partial charge in [0, 0.05) is 13.6 Å². The fraction of sp³-hybridized carbons (Fsp3) is 0.562. The molecule has 112 valence electrons. The zero-order chi connectivity index (χ0) is 14.8. The van der Waals surface area contributed by atoms with Gasteiger partial charge in [-0.3, -0.25) is 0 Å². The van der Waals surface area contributed by atoms with E-state index < -0.39 is 0 Å². The van der Waals surface area contributed by atoms with Crippen molar-refractivity contribution in [2.75, 3.05) is 26.7 Å². The molecule has 1 rings (SSSR count). The highest BCUT2D eigenvalue weighted by molar-refractivity contribution is 5.73. The van der Waals surface area contributed by atoms with E-state index in [0.29, 0.717) is 19.1 Å². The smallest absolute Gasteiger partial charge is 0.317 e. The summed E-state index contributed by atoms with van der Waals surface area (Å²) in [5.74, 6) is 1.52. The Labute approximate surface area is 122 Å². The summed E-state index contributed by atoms with van der Waals surface area (Å²) in [6.45, 7) is 6.19. The number of urea groups is 1. The van der Waals surface area contributed by atoms with Crippen LogP contribution >= 0.6 is 0 Å². The zero-order valence-corrected chi connectivity index (χ0v) is 12.8. The van der Waals surface area contributed by atoms with Gasteiger partial charge >= 0.3 is 6.03 Å². The number of amides is 2. The summed E-state index contributed by atoms with van der Waals surface area (Å²) in [6.07, 6.45) is 2.17. The predicted molar refractivity (Wildman–Crippen MR) is 82.0 cm³/mol. The largest absolute Gasteiger partial charge is 0.492 e. The molecule has 4 heteroatoms. The molecule has 0 fully saturated rings. The molecule has 0 heterocycles. The van der Waals surface area contributed by atoms with Gasteiger partial charge in [0.15, 0.2) is 0 Å². The fourth-order valence-corrected chi connectivity index (χ4v) is 1.76. The minimum atomic E-state index is -0.0367. The molecule has 0 unspecified atom stereocenters. The first kappa shape index (κ1) is 16.3. The maximum absolute atomic E-state index is 11.8. The summed E-state index contributed by atoms with van der Waals surface area (Å²) >= 11 is 0. The van der Waals surface area contributed by atoms with Crippen molar-refractivity contribution in [2.45, 2.75) is 26.7 Å². The Morgan fingerprint density at radius 3 is 2.65 bits per heavy atom. The Hall–Kier alpha value is -1.71. The van der Waals surface area contributed by atoms with E-state index in [1.807, 2.05) is 30.3 Å². The molecular formula is C16H26N2O2. The predicted octanol–water partition coefficient (Wildman–Crippen LogP) is 3.14. The van der Waals surface area contributed by atoms with Crippen LogP contribution in [0, 0.1) is 5.92 Å². The molecule has 20 heavy (non-hydrogen) atoms. The van der Waals surface area contributed by atoms with Crippen LogP contribution in [0.4, 0.5) is 4.79 Å². The third kappa shape index (κ3) is 7.02. The third-order valence-corrected chi connectivity index (χ3v) is 3.02. The minimum absolute atomic E-state index is 0.0367. The van der Waals surface area contributed by atoms with E-state index in [9.17, 15) is 4.79 Å². The van der Waals surface area contributed by atoms with Crippen LogP contribution in [0.15, 0.2) is 30.3 Å². The van der Waals surface area contributed by atoms with Crippen LogP contribution in [0.5, 0.6) is 5.75 Å². The van der Waals surface area contributed by atoms with Gasteiger partial charge in [-0.2, -0.15) is 0 Å². The number of nitrogens with one attached hydrogen (secondary N) is 1. The van der Waals surface area contributed by atoms with Crippen molar-refractivity contribution in [3.05, 3.63) is 30.3 Å². The van der Waals surface area contributed by atoms with Gasteiger partial charge in [-0.05, 0) is 30.9 Å². The molecule has 0 saturated heterocycles. The van der Waals surface area contributed by atoms with Crippen LogP contribution in [-0.2, 0) is 0 Å². The quantitative estimate of drug-likeness (QED) is 0.742. The van der Waals surface area contributed by atoms with Crippen molar-refractivity contribution in [3.8, 4) is 5.75 Å². The highest BCUT2D eigenvalue weighted by atomic mass is 16.5. The van der Waals surface area contributed by atoms with Crippen LogP contribution in [0.2, 0.25) is 0 Å². The Morgan fingerprint density at radius 2 is 2.00 bits per heavy atom. The monoisotopic (exact) mass is 278 g/mol. The second-order valence-electron chi connectivity index (χ2n) is 5.35. The molecule has 0 aliphatic carbocycles. The van der Waals surface area contributed by atoms with E-state index in [0.717, 1.165) is 25.1 Å². The first-order chi connectivity index (χ1) is 9.59. The number of ether oxygens (including phenoxy) is 1.